The highest BCUT2D eigenvalue weighted by molar-refractivity contribution is 5.89. The van der Waals surface area contributed by atoms with Crippen LogP contribution in [0.25, 0.3) is 5.57 Å². The molecule has 0 spiro atoms. The standard InChI is InChI=1S/C13H16N2.C10H16O/c1-13(15)8-6-11(7-9-13)10-2-4-12(14)5-3-10;1-9(2)7-4-5-10(9,3)8(11)6-7/h2-8H,9,14-15H2,1H3;7H,4-6H2,1-3H3. The van der Waals surface area contributed by atoms with E-state index in [2.05, 4.69) is 39.0 Å². The number of carbonyl (C=O) groups excluding carboxylic acids is 1. The Bertz CT molecular complexity index is 755. The van der Waals surface area contributed by atoms with Gasteiger partial charge in [0.1, 0.15) is 5.78 Å². The van der Waals surface area contributed by atoms with Crippen molar-refractivity contribution in [3.8, 4) is 0 Å². The fourth-order valence-corrected chi connectivity index (χ4v) is 4.54. The zero-order chi connectivity index (χ0) is 19.2. The molecule has 26 heavy (non-hydrogen) atoms. The van der Waals surface area contributed by atoms with Gasteiger partial charge in [0, 0.05) is 23.1 Å². The van der Waals surface area contributed by atoms with Crippen LogP contribution in [0.1, 0.15) is 58.9 Å². The van der Waals surface area contributed by atoms with Crippen molar-refractivity contribution in [2.45, 2.75) is 58.9 Å². The minimum absolute atomic E-state index is 0.0255. The summed E-state index contributed by atoms with van der Waals surface area (Å²) in [4.78, 5) is 11.6. The van der Waals surface area contributed by atoms with Crippen LogP contribution in [0, 0.1) is 16.7 Å². The van der Waals surface area contributed by atoms with Crippen molar-refractivity contribution in [1.29, 1.82) is 0 Å². The Labute approximate surface area is 157 Å². The zero-order valence-corrected chi connectivity index (χ0v) is 16.5. The molecule has 0 aliphatic heterocycles. The van der Waals surface area contributed by atoms with Gasteiger partial charge in [-0.3, -0.25) is 4.79 Å². The summed E-state index contributed by atoms with van der Waals surface area (Å²) in [7, 11) is 0. The van der Waals surface area contributed by atoms with Crippen molar-refractivity contribution in [1.82, 2.24) is 0 Å². The average molecular weight is 353 g/mol. The van der Waals surface area contributed by atoms with E-state index in [4.69, 9.17) is 11.5 Å². The van der Waals surface area contributed by atoms with Crippen molar-refractivity contribution in [2.75, 3.05) is 5.73 Å². The number of nitrogens with two attached hydrogens (primary N) is 2. The number of hydrogen-bond donors (Lipinski definition) is 2. The Balaban J connectivity index is 0.000000158. The maximum Gasteiger partial charge on any atom is 0.139 e. The van der Waals surface area contributed by atoms with Gasteiger partial charge < -0.3 is 11.5 Å². The lowest BCUT2D eigenvalue weighted by atomic mass is 9.70. The van der Waals surface area contributed by atoms with Crippen LogP contribution >= 0.6 is 0 Å². The SMILES string of the molecule is CC1(N)C=CC(c2ccc(N)cc2)=CC1.CC12CCC(CC1=O)C2(C)C. The minimum atomic E-state index is -0.197. The number of anilines is 1. The minimum Gasteiger partial charge on any atom is -0.399 e. The highest BCUT2D eigenvalue weighted by Gasteiger charge is 2.61. The highest BCUT2D eigenvalue weighted by atomic mass is 16.1. The summed E-state index contributed by atoms with van der Waals surface area (Å²) in [5, 5.41) is 0. The van der Waals surface area contributed by atoms with Gasteiger partial charge >= 0.3 is 0 Å². The van der Waals surface area contributed by atoms with Gasteiger partial charge in [-0.1, -0.05) is 51.1 Å². The average Bonchev–Trinajstić information content (AvgIpc) is 2.90. The molecule has 3 heteroatoms. The van der Waals surface area contributed by atoms with Crippen molar-refractivity contribution in [3.05, 3.63) is 48.1 Å². The molecule has 3 aliphatic carbocycles. The van der Waals surface area contributed by atoms with E-state index >= 15 is 0 Å². The van der Waals surface area contributed by atoms with Crippen molar-refractivity contribution in [3.63, 3.8) is 0 Å². The number of Topliss-reactive ketones (excluding diaryl/α,β-unsaturated/α-hetero) is 1. The molecule has 4 rings (SSSR count). The van der Waals surface area contributed by atoms with Crippen LogP contribution in [0.5, 0.6) is 0 Å². The summed E-state index contributed by atoms with van der Waals surface area (Å²) in [5.41, 5.74) is 14.9. The maximum absolute atomic E-state index is 11.6. The molecule has 1 aromatic rings. The van der Waals surface area contributed by atoms with Gasteiger partial charge in [0.2, 0.25) is 0 Å². The molecule has 0 radical (unpaired) electrons. The van der Waals surface area contributed by atoms with Crippen LogP contribution in [0.2, 0.25) is 0 Å². The molecule has 3 nitrogen and oxygen atoms in total. The first-order chi connectivity index (χ1) is 12.1. The summed E-state index contributed by atoms with van der Waals surface area (Å²) in [5.74, 6) is 1.19. The predicted octanol–water partition coefficient (Wildman–Crippen LogP) is 4.73. The van der Waals surface area contributed by atoms with E-state index in [0.29, 0.717) is 11.7 Å². The van der Waals surface area contributed by atoms with Gasteiger partial charge in [-0.15, -0.1) is 0 Å². The predicted molar refractivity (Wildman–Crippen MR) is 109 cm³/mol. The molecule has 0 aromatic heterocycles. The summed E-state index contributed by atoms with van der Waals surface area (Å²) >= 11 is 0. The third-order valence-electron chi connectivity index (χ3n) is 7.13. The Morgan fingerprint density at radius 1 is 1.08 bits per heavy atom. The number of hydrogen-bond acceptors (Lipinski definition) is 3. The number of rotatable bonds is 1. The number of carbonyl (C=O) groups is 1. The Morgan fingerprint density at radius 2 is 1.73 bits per heavy atom. The first-order valence-corrected chi connectivity index (χ1v) is 9.63. The molecular weight excluding hydrogens is 320 g/mol. The fraction of sp³-hybridized carbons (Fsp3) is 0.522. The first-order valence-electron chi connectivity index (χ1n) is 9.63. The molecule has 0 heterocycles. The molecule has 2 saturated carbocycles. The quantitative estimate of drug-likeness (QED) is 0.718. The van der Waals surface area contributed by atoms with E-state index in [1.54, 1.807) is 0 Å². The van der Waals surface area contributed by atoms with Crippen LogP contribution < -0.4 is 11.5 Å². The molecular formula is C23H32N2O. The van der Waals surface area contributed by atoms with Crippen LogP contribution in [-0.4, -0.2) is 11.3 Å². The second-order valence-corrected chi connectivity index (χ2v) is 9.24. The van der Waals surface area contributed by atoms with E-state index in [-0.39, 0.29) is 16.4 Å². The van der Waals surface area contributed by atoms with Gasteiger partial charge in [-0.2, -0.15) is 0 Å². The monoisotopic (exact) mass is 352 g/mol. The Hall–Kier alpha value is -1.87. The van der Waals surface area contributed by atoms with E-state index < -0.39 is 0 Å². The molecule has 0 saturated heterocycles. The summed E-state index contributed by atoms with van der Waals surface area (Å²) < 4.78 is 0. The molecule has 3 aliphatic rings. The normalized spacial score (nSPS) is 34.3. The first kappa shape index (κ1) is 18.9. The Morgan fingerprint density at radius 3 is 2.12 bits per heavy atom. The lowest BCUT2D eigenvalue weighted by molar-refractivity contribution is -0.128. The van der Waals surface area contributed by atoms with Gasteiger partial charge in [-0.25, -0.2) is 0 Å². The van der Waals surface area contributed by atoms with E-state index in [9.17, 15) is 4.79 Å². The molecule has 2 bridgehead atoms. The fourth-order valence-electron chi connectivity index (χ4n) is 4.54. The lowest BCUT2D eigenvalue weighted by Crippen LogP contribution is -2.33. The van der Waals surface area contributed by atoms with E-state index in [1.807, 2.05) is 31.2 Å². The second-order valence-electron chi connectivity index (χ2n) is 9.24. The van der Waals surface area contributed by atoms with Gasteiger partial charge in [-0.05, 0) is 60.8 Å². The van der Waals surface area contributed by atoms with Crippen molar-refractivity contribution in [2.24, 2.45) is 22.5 Å². The lowest BCUT2D eigenvalue weighted by Gasteiger charge is -2.32. The van der Waals surface area contributed by atoms with Gasteiger partial charge in [0.25, 0.3) is 0 Å². The molecule has 3 unspecified atom stereocenters. The van der Waals surface area contributed by atoms with E-state index in [1.165, 1.54) is 17.6 Å². The van der Waals surface area contributed by atoms with Crippen molar-refractivity contribution < 1.29 is 4.79 Å². The number of benzene rings is 1. The van der Waals surface area contributed by atoms with Crippen molar-refractivity contribution >= 4 is 17.0 Å². The number of nitrogen functional groups attached to an aromatic ring is 1. The molecule has 140 valence electrons. The van der Waals surface area contributed by atoms with E-state index in [0.717, 1.165) is 24.9 Å². The number of allylic oxidation sites excluding steroid dienone is 2. The van der Waals surface area contributed by atoms with Crippen LogP contribution in [0.4, 0.5) is 5.69 Å². The van der Waals surface area contributed by atoms with Gasteiger partial charge in [0.15, 0.2) is 0 Å². The maximum atomic E-state index is 11.6. The molecule has 3 atom stereocenters. The summed E-state index contributed by atoms with van der Waals surface area (Å²) in [6.45, 7) is 8.70. The third kappa shape index (κ3) is 3.25. The molecule has 1 aromatic carbocycles. The summed E-state index contributed by atoms with van der Waals surface area (Å²) in [6.07, 6.45) is 10.4. The largest absolute Gasteiger partial charge is 0.399 e. The molecule has 4 N–H and O–H groups in total. The molecule has 2 fully saturated rings. The number of ketones is 1. The highest BCUT2D eigenvalue weighted by Crippen LogP contribution is 2.63. The van der Waals surface area contributed by atoms with Crippen LogP contribution in [-0.2, 0) is 4.79 Å². The van der Waals surface area contributed by atoms with Gasteiger partial charge in [0.05, 0.1) is 0 Å². The zero-order valence-electron chi connectivity index (χ0n) is 16.5. The number of fused-ring (bicyclic) bond motifs is 2. The third-order valence-corrected chi connectivity index (χ3v) is 7.13. The summed E-state index contributed by atoms with van der Waals surface area (Å²) in [6, 6.07) is 7.90. The smallest absolute Gasteiger partial charge is 0.139 e. The second kappa shape index (κ2) is 6.38. The Kier molecular flexibility index (Phi) is 4.64. The topological polar surface area (TPSA) is 69.1 Å². The van der Waals surface area contributed by atoms with Crippen LogP contribution in [0.15, 0.2) is 42.5 Å². The van der Waals surface area contributed by atoms with Crippen LogP contribution in [0.3, 0.4) is 0 Å². The molecule has 0 amide bonds.